The molecule has 1 N–H and O–H groups in total. The number of esters is 1. The molecular weight excluding hydrogens is 468 g/mol. The van der Waals surface area contributed by atoms with Gasteiger partial charge >= 0.3 is 5.97 Å². The molecule has 182 valence electrons. The van der Waals surface area contributed by atoms with Crippen molar-refractivity contribution in [3.8, 4) is 17.2 Å². The fourth-order valence-electron chi connectivity index (χ4n) is 3.23. The molecule has 3 aromatic rings. The van der Waals surface area contributed by atoms with Crippen LogP contribution < -0.4 is 19.6 Å². The first-order chi connectivity index (χ1) is 16.8. The Morgan fingerprint density at radius 1 is 1.03 bits per heavy atom. The van der Waals surface area contributed by atoms with Crippen LogP contribution >= 0.6 is 11.6 Å². The van der Waals surface area contributed by atoms with Gasteiger partial charge < -0.3 is 14.2 Å². The van der Waals surface area contributed by atoms with Gasteiger partial charge in [-0.25, -0.2) is 10.2 Å². The van der Waals surface area contributed by atoms with Gasteiger partial charge in [-0.2, -0.15) is 5.10 Å². The monoisotopic (exact) mass is 494 g/mol. The third-order valence-electron chi connectivity index (χ3n) is 5.04. The maximum atomic E-state index is 12.4. The Hall–Kier alpha value is -3.84. The second kappa shape index (κ2) is 12.0. The van der Waals surface area contributed by atoms with Crippen LogP contribution in [0.2, 0.25) is 5.02 Å². The van der Waals surface area contributed by atoms with Crippen LogP contribution in [-0.2, 0) is 4.79 Å². The van der Waals surface area contributed by atoms with Gasteiger partial charge in [0.1, 0.15) is 5.75 Å². The van der Waals surface area contributed by atoms with Crippen LogP contribution in [0.1, 0.15) is 46.8 Å². The van der Waals surface area contributed by atoms with Gasteiger partial charge in [-0.1, -0.05) is 49.7 Å². The maximum Gasteiger partial charge on any atom is 0.345 e. The highest BCUT2D eigenvalue weighted by Gasteiger charge is 2.15. The molecule has 0 atom stereocenters. The summed E-state index contributed by atoms with van der Waals surface area (Å²) in [5, 5.41) is 4.26. The van der Waals surface area contributed by atoms with Gasteiger partial charge in [0.15, 0.2) is 18.1 Å². The van der Waals surface area contributed by atoms with Crippen LogP contribution in [-0.4, -0.2) is 31.8 Å². The quantitative estimate of drug-likeness (QED) is 0.183. The molecular formula is C27H27ClN2O5. The molecule has 0 aliphatic rings. The van der Waals surface area contributed by atoms with Gasteiger partial charge in [0.2, 0.25) is 0 Å². The van der Waals surface area contributed by atoms with E-state index in [1.54, 1.807) is 42.5 Å². The van der Waals surface area contributed by atoms with E-state index in [-0.39, 0.29) is 23.8 Å². The molecule has 0 saturated heterocycles. The Morgan fingerprint density at radius 2 is 1.80 bits per heavy atom. The van der Waals surface area contributed by atoms with E-state index in [0.29, 0.717) is 22.1 Å². The first kappa shape index (κ1) is 25.8. The molecule has 8 heteroatoms. The summed E-state index contributed by atoms with van der Waals surface area (Å²) in [6.07, 6.45) is 1.45. The zero-order valence-electron chi connectivity index (χ0n) is 20.0. The third kappa shape index (κ3) is 7.07. The number of hydrogen-bond donors (Lipinski definition) is 1. The molecule has 0 aliphatic heterocycles. The van der Waals surface area contributed by atoms with Crippen LogP contribution in [0, 0.1) is 6.92 Å². The van der Waals surface area contributed by atoms with Gasteiger partial charge in [0.25, 0.3) is 5.91 Å². The normalized spacial score (nSPS) is 10.9. The second-order valence-corrected chi connectivity index (χ2v) is 8.46. The topological polar surface area (TPSA) is 86.2 Å². The summed E-state index contributed by atoms with van der Waals surface area (Å²) < 4.78 is 16.5. The largest absolute Gasteiger partial charge is 0.493 e. The van der Waals surface area contributed by atoms with Gasteiger partial charge in [-0.3, -0.25) is 4.79 Å². The molecule has 0 saturated carbocycles. The predicted octanol–water partition coefficient (Wildman–Crippen LogP) is 5.53. The van der Waals surface area contributed by atoms with Crippen LogP contribution in [0.25, 0.3) is 0 Å². The molecule has 0 unspecified atom stereocenters. The molecule has 0 spiro atoms. The number of benzene rings is 3. The zero-order chi connectivity index (χ0) is 25.4. The fraction of sp³-hybridized carbons (Fsp3) is 0.222. The molecule has 0 radical (unpaired) electrons. The van der Waals surface area contributed by atoms with Crippen molar-refractivity contribution in [2.24, 2.45) is 5.10 Å². The summed E-state index contributed by atoms with van der Waals surface area (Å²) in [5.41, 5.74) is 5.41. The standard InChI is InChI=1S/C27H27ClN2O5/c1-17(2)20-11-9-18(3)13-24(20)34-16-26(31)30-29-15-19-10-12-23(25(14-19)33-4)35-27(32)21-7-5-6-8-22(21)28/h5-15,17H,16H2,1-4H3,(H,30,31). The molecule has 0 heterocycles. The number of carbonyl (C=O) groups excluding carboxylic acids is 2. The molecule has 0 aliphatic carbocycles. The number of rotatable bonds is 9. The van der Waals surface area contributed by atoms with Crippen LogP contribution in [0.15, 0.2) is 65.8 Å². The SMILES string of the molecule is COc1cc(C=NNC(=O)COc2cc(C)ccc2C(C)C)ccc1OC(=O)c1ccccc1Cl. The number of nitrogens with zero attached hydrogens (tertiary/aromatic N) is 1. The second-order valence-electron chi connectivity index (χ2n) is 8.06. The van der Waals surface area contributed by atoms with Crippen molar-refractivity contribution in [1.82, 2.24) is 5.43 Å². The number of methoxy groups -OCH3 is 1. The van der Waals surface area contributed by atoms with E-state index >= 15 is 0 Å². The minimum Gasteiger partial charge on any atom is -0.493 e. The van der Waals surface area contributed by atoms with E-state index in [2.05, 4.69) is 24.4 Å². The first-order valence-corrected chi connectivity index (χ1v) is 11.4. The van der Waals surface area contributed by atoms with Gasteiger partial charge in [0, 0.05) is 0 Å². The van der Waals surface area contributed by atoms with Crippen LogP contribution in [0.4, 0.5) is 0 Å². The zero-order valence-corrected chi connectivity index (χ0v) is 20.8. The number of nitrogens with one attached hydrogen (secondary N) is 1. The third-order valence-corrected chi connectivity index (χ3v) is 5.37. The molecule has 35 heavy (non-hydrogen) atoms. The van der Waals surface area contributed by atoms with E-state index in [1.807, 2.05) is 25.1 Å². The molecule has 0 aromatic heterocycles. The number of hydrogen-bond acceptors (Lipinski definition) is 6. The molecule has 1 amide bonds. The van der Waals surface area contributed by atoms with E-state index in [1.165, 1.54) is 13.3 Å². The first-order valence-electron chi connectivity index (χ1n) is 11.0. The molecule has 0 fully saturated rings. The van der Waals surface area contributed by atoms with Crippen molar-refractivity contribution < 1.29 is 23.8 Å². The highest BCUT2D eigenvalue weighted by Crippen LogP contribution is 2.29. The number of hydrazone groups is 1. The Labute approximate surface area is 209 Å². The summed E-state index contributed by atoms with van der Waals surface area (Å²) in [5.74, 6) is 0.515. The molecule has 3 aromatic carbocycles. The highest BCUT2D eigenvalue weighted by atomic mass is 35.5. The van der Waals surface area contributed by atoms with Gasteiger partial charge in [-0.15, -0.1) is 0 Å². The van der Waals surface area contributed by atoms with Crippen molar-refractivity contribution in [2.45, 2.75) is 26.7 Å². The predicted molar refractivity (Wildman–Crippen MR) is 136 cm³/mol. The van der Waals surface area contributed by atoms with E-state index < -0.39 is 11.9 Å². The van der Waals surface area contributed by atoms with E-state index in [9.17, 15) is 9.59 Å². The van der Waals surface area contributed by atoms with Gasteiger partial charge in [0.05, 0.1) is 23.9 Å². The Morgan fingerprint density at radius 3 is 2.51 bits per heavy atom. The van der Waals surface area contributed by atoms with Crippen molar-refractivity contribution in [2.75, 3.05) is 13.7 Å². The summed E-state index contributed by atoms with van der Waals surface area (Å²) in [4.78, 5) is 24.6. The van der Waals surface area contributed by atoms with Crippen molar-refractivity contribution >= 4 is 29.7 Å². The highest BCUT2D eigenvalue weighted by molar-refractivity contribution is 6.33. The van der Waals surface area contributed by atoms with Gasteiger partial charge in [-0.05, 0) is 65.9 Å². The Balaban J connectivity index is 1.59. The van der Waals surface area contributed by atoms with E-state index in [0.717, 1.165) is 11.1 Å². The van der Waals surface area contributed by atoms with Crippen LogP contribution in [0.3, 0.4) is 0 Å². The maximum absolute atomic E-state index is 12.4. The number of carbonyl (C=O) groups is 2. The lowest BCUT2D eigenvalue weighted by atomic mass is 10.0. The Bertz CT molecular complexity index is 1240. The van der Waals surface area contributed by atoms with Crippen molar-refractivity contribution in [3.63, 3.8) is 0 Å². The van der Waals surface area contributed by atoms with Crippen LogP contribution in [0.5, 0.6) is 17.2 Å². The molecule has 0 bridgehead atoms. The number of amides is 1. The number of ether oxygens (including phenoxy) is 3. The average Bonchev–Trinajstić information content (AvgIpc) is 2.83. The van der Waals surface area contributed by atoms with Crippen molar-refractivity contribution in [3.05, 3.63) is 87.9 Å². The lowest BCUT2D eigenvalue weighted by molar-refractivity contribution is -0.123. The number of aryl methyl sites for hydroxylation is 1. The summed E-state index contributed by atoms with van der Waals surface area (Å²) in [6, 6.07) is 17.4. The minimum atomic E-state index is -0.600. The summed E-state index contributed by atoms with van der Waals surface area (Å²) in [6.45, 7) is 5.94. The lowest BCUT2D eigenvalue weighted by Gasteiger charge is -2.14. The van der Waals surface area contributed by atoms with E-state index in [4.69, 9.17) is 25.8 Å². The average molecular weight is 495 g/mol. The summed E-state index contributed by atoms with van der Waals surface area (Å²) >= 11 is 6.06. The van der Waals surface area contributed by atoms with Crippen molar-refractivity contribution in [1.29, 1.82) is 0 Å². The minimum absolute atomic E-state index is 0.166. The smallest absolute Gasteiger partial charge is 0.345 e. The molecule has 3 rings (SSSR count). The number of halogens is 1. The summed E-state index contributed by atoms with van der Waals surface area (Å²) in [7, 11) is 1.46. The fourth-order valence-corrected chi connectivity index (χ4v) is 3.44. The lowest BCUT2D eigenvalue weighted by Crippen LogP contribution is -2.25. The molecule has 7 nitrogen and oxygen atoms in total. The Kier molecular flexibility index (Phi) is 8.86.